The van der Waals surface area contributed by atoms with E-state index in [1.54, 1.807) is 0 Å². The van der Waals surface area contributed by atoms with Crippen molar-refractivity contribution in [2.24, 2.45) is 0 Å². The highest BCUT2D eigenvalue weighted by molar-refractivity contribution is 7.80. The standard InChI is InChI=1S/C19H22ClN3OS/c1-14(21-19(25)22-18-5-3-2-4-17(18)20)15-6-8-16(9-7-15)23-10-12-24-13-11-23/h2-9,14H,10-13H2,1H3,(H2,21,22,25)/t14-/m1/s1. The predicted octanol–water partition coefficient (Wildman–Crippen LogP) is 4.22. The van der Waals surface area contributed by atoms with Gasteiger partial charge in [-0.1, -0.05) is 35.9 Å². The Balaban J connectivity index is 1.58. The molecule has 0 aromatic heterocycles. The third-order valence-corrected chi connectivity index (χ3v) is 4.79. The molecule has 0 amide bonds. The Morgan fingerprint density at radius 2 is 1.80 bits per heavy atom. The lowest BCUT2D eigenvalue weighted by atomic mass is 10.1. The van der Waals surface area contributed by atoms with Crippen molar-refractivity contribution in [3.8, 4) is 0 Å². The van der Waals surface area contributed by atoms with E-state index in [9.17, 15) is 0 Å². The van der Waals surface area contributed by atoms with Gasteiger partial charge in [0.25, 0.3) is 0 Å². The summed E-state index contributed by atoms with van der Waals surface area (Å²) in [4.78, 5) is 2.34. The molecule has 132 valence electrons. The number of hydrogen-bond donors (Lipinski definition) is 2. The Morgan fingerprint density at radius 3 is 2.48 bits per heavy atom. The van der Waals surface area contributed by atoms with Gasteiger partial charge in [-0.15, -0.1) is 0 Å². The van der Waals surface area contributed by atoms with E-state index in [1.165, 1.54) is 11.3 Å². The summed E-state index contributed by atoms with van der Waals surface area (Å²) in [5, 5.41) is 7.64. The highest BCUT2D eigenvalue weighted by Gasteiger charge is 2.12. The Hall–Kier alpha value is -1.82. The summed E-state index contributed by atoms with van der Waals surface area (Å²) in [6.07, 6.45) is 0. The Morgan fingerprint density at radius 1 is 1.12 bits per heavy atom. The van der Waals surface area contributed by atoms with Crippen LogP contribution in [0.15, 0.2) is 48.5 Å². The van der Waals surface area contributed by atoms with Gasteiger partial charge >= 0.3 is 0 Å². The lowest BCUT2D eigenvalue weighted by Crippen LogP contribution is -2.36. The molecule has 4 nitrogen and oxygen atoms in total. The van der Waals surface area contributed by atoms with Crippen LogP contribution >= 0.6 is 23.8 Å². The maximum absolute atomic E-state index is 6.15. The molecule has 0 saturated carbocycles. The summed E-state index contributed by atoms with van der Waals surface area (Å²) in [5.74, 6) is 0. The van der Waals surface area contributed by atoms with E-state index in [0.29, 0.717) is 10.1 Å². The number of benzene rings is 2. The average molecular weight is 376 g/mol. The minimum absolute atomic E-state index is 0.0984. The van der Waals surface area contributed by atoms with Crippen LogP contribution in [0.1, 0.15) is 18.5 Å². The molecule has 3 rings (SSSR count). The van der Waals surface area contributed by atoms with Crippen molar-refractivity contribution in [1.82, 2.24) is 5.32 Å². The first-order valence-electron chi connectivity index (χ1n) is 8.38. The molecule has 1 saturated heterocycles. The smallest absolute Gasteiger partial charge is 0.171 e. The van der Waals surface area contributed by atoms with Crippen LogP contribution in [0.5, 0.6) is 0 Å². The Bertz CT molecular complexity index is 717. The predicted molar refractivity (Wildman–Crippen MR) is 109 cm³/mol. The highest BCUT2D eigenvalue weighted by atomic mass is 35.5. The Labute approximate surface area is 159 Å². The maximum atomic E-state index is 6.15. The SMILES string of the molecule is C[C@@H](NC(=S)Nc1ccccc1Cl)c1ccc(N2CCOCC2)cc1. The summed E-state index contributed by atoms with van der Waals surface area (Å²) < 4.78 is 5.40. The normalized spacial score (nSPS) is 15.5. The third-order valence-electron chi connectivity index (χ3n) is 4.24. The second-order valence-electron chi connectivity index (χ2n) is 5.99. The van der Waals surface area contributed by atoms with Crippen LogP contribution in [0.25, 0.3) is 0 Å². The summed E-state index contributed by atoms with van der Waals surface area (Å²) in [6.45, 7) is 5.56. The molecule has 2 aromatic rings. The van der Waals surface area contributed by atoms with E-state index in [2.05, 4.69) is 46.7 Å². The van der Waals surface area contributed by atoms with E-state index >= 15 is 0 Å². The minimum Gasteiger partial charge on any atom is -0.378 e. The topological polar surface area (TPSA) is 36.5 Å². The molecule has 1 atom stereocenters. The molecule has 1 aliphatic heterocycles. The van der Waals surface area contributed by atoms with Crippen LogP contribution in [0.3, 0.4) is 0 Å². The van der Waals surface area contributed by atoms with Gasteiger partial charge in [-0.3, -0.25) is 0 Å². The zero-order chi connectivity index (χ0) is 17.6. The van der Waals surface area contributed by atoms with Crippen LogP contribution in [0, 0.1) is 0 Å². The van der Waals surface area contributed by atoms with Crippen LogP contribution < -0.4 is 15.5 Å². The number of rotatable bonds is 4. The van der Waals surface area contributed by atoms with Gasteiger partial charge in [0.2, 0.25) is 0 Å². The second kappa shape index (κ2) is 8.52. The van der Waals surface area contributed by atoms with E-state index in [1.807, 2.05) is 24.3 Å². The fraction of sp³-hybridized carbons (Fsp3) is 0.316. The number of halogens is 1. The van der Waals surface area contributed by atoms with Crippen LogP contribution in [0.2, 0.25) is 5.02 Å². The molecule has 6 heteroatoms. The number of ether oxygens (including phenoxy) is 1. The van der Waals surface area contributed by atoms with Crippen molar-refractivity contribution in [2.45, 2.75) is 13.0 Å². The molecule has 25 heavy (non-hydrogen) atoms. The first-order chi connectivity index (χ1) is 12.1. The van der Waals surface area contributed by atoms with Gasteiger partial charge in [0.05, 0.1) is 30.0 Å². The number of anilines is 2. The number of morpholine rings is 1. The molecule has 2 N–H and O–H groups in total. The first kappa shape index (κ1) is 18.0. The largest absolute Gasteiger partial charge is 0.378 e. The van der Waals surface area contributed by atoms with E-state index in [0.717, 1.165) is 32.0 Å². The quantitative estimate of drug-likeness (QED) is 0.782. The molecule has 1 aliphatic rings. The third kappa shape index (κ3) is 4.84. The number of nitrogens with one attached hydrogen (secondary N) is 2. The second-order valence-corrected chi connectivity index (χ2v) is 6.81. The minimum atomic E-state index is 0.0984. The van der Waals surface area contributed by atoms with Crippen molar-refractivity contribution in [3.63, 3.8) is 0 Å². The van der Waals surface area contributed by atoms with E-state index in [4.69, 9.17) is 28.6 Å². The lowest BCUT2D eigenvalue weighted by molar-refractivity contribution is 0.122. The molecule has 2 aromatic carbocycles. The van der Waals surface area contributed by atoms with Gasteiger partial charge in [-0.05, 0) is 49.0 Å². The fourth-order valence-corrected chi connectivity index (χ4v) is 3.27. The molecular weight excluding hydrogens is 354 g/mol. The van der Waals surface area contributed by atoms with Gasteiger partial charge in [0, 0.05) is 18.8 Å². The van der Waals surface area contributed by atoms with Gasteiger partial charge in [-0.25, -0.2) is 0 Å². The number of nitrogens with zero attached hydrogens (tertiary/aromatic N) is 1. The zero-order valence-corrected chi connectivity index (χ0v) is 15.7. The van der Waals surface area contributed by atoms with E-state index < -0.39 is 0 Å². The van der Waals surface area contributed by atoms with Gasteiger partial charge in [-0.2, -0.15) is 0 Å². The molecule has 1 fully saturated rings. The molecule has 0 aliphatic carbocycles. The van der Waals surface area contributed by atoms with Crippen LogP contribution in [-0.2, 0) is 4.74 Å². The van der Waals surface area contributed by atoms with Crippen molar-refractivity contribution in [2.75, 3.05) is 36.5 Å². The van der Waals surface area contributed by atoms with Crippen LogP contribution in [0.4, 0.5) is 11.4 Å². The summed E-state index contributed by atoms with van der Waals surface area (Å²) in [5.41, 5.74) is 3.22. The lowest BCUT2D eigenvalue weighted by Gasteiger charge is -2.29. The van der Waals surface area contributed by atoms with Gasteiger partial charge in [0.1, 0.15) is 0 Å². The van der Waals surface area contributed by atoms with E-state index in [-0.39, 0.29) is 6.04 Å². The number of para-hydroxylation sites is 1. The average Bonchev–Trinajstić information content (AvgIpc) is 2.64. The maximum Gasteiger partial charge on any atom is 0.171 e. The first-order valence-corrected chi connectivity index (χ1v) is 9.17. The van der Waals surface area contributed by atoms with Gasteiger partial charge < -0.3 is 20.3 Å². The fourth-order valence-electron chi connectivity index (χ4n) is 2.80. The number of hydrogen-bond acceptors (Lipinski definition) is 3. The Kier molecular flexibility index (Phi) is 6.13. The van der Waals surface area contributed by atoms with Crippen molar-refractivity contribution in [1.29, 1.82) is 0 Å². The molecule has 0 radical (unpaired) electrons. The summed E-state index contributed by atoms with van der Waals surface area (Å²) in [7, 11) is 0. The molecule has 0 bridgehead atoms. The summed E-state index contributed by atoms with van der Waals surface area (Å²) in [6, 6.07) is 16.2. The van der Waals surface area contributed by atoms with Crippen molar-refractivity contribution >= 4 is 40.3 Å². The number of thiocarbonyl (C=S) groups is 1. The van der Waals surface area contributed by atoms with Gasteiger partial charge in [0.15, 0.2) is 5.11 Å². The highest BCUT2D eigenvalue weighted by Crippen LogP contribution is 2.22. The molecule has 0 spiro atoms. The van der Waals surface area contributed by atoms with Crippen molar-refractivity contribution in [3.05, 3.63) is 59.1 Å². The zero-order valence-electron chi connectivity index (χ0n) is 14.2. The summed E-state index contributed by atoms with van der Waals surface area (Å²) >= 11 is 11.5. The van der Waals surface area contributed by atoms with Crippen molar-refractivity contribution < 1.29 is 4.74 Å². The molecule has 0 unspecified atom stereocenters. The molecular formula is C19H22ClN3OS. The molecule has 1 heterocycles. The monoisotopic (exact) mass is 375 g/mol. The van der Waals surface area contributed by atoms with Crippen LogP contribution in [-0.4, -0.2) is 31.4 Å².